The van der Waals surface area contributed by atoms with Gasteiger partial charge in [0, 0.05) is 30.5 Å². The van der Waals surface area contributed by atoms with Crippen LogP contribution >= 0.6 is 0 Å². The van der Waals surface area contributed by atoms with Crippen molar-refractivity contribution in [3.63, 3.8) is 0 Å². The summed E-state index contributed by atoms with van der Waals surface area (Å²) in [5, 5.41) is 7.28. The van der Waals surface area contributed by atoms with Crippen LogP contribution in [-0.2, 0) is 13.1 Å². The van der Waals surface area contributed by atoms with Crippen molar-refractivity contribution in [3.05, 3.63) is 83.2 Å². The van der Waals surface area contributed by atoms with Crippen LogP contribution in [0.1, 0.15) is 41.0 Å². The smallest absolute Gasteiger partial charge is 0.251 e. The van der Waals surface area contributed by atoms with Gasteiger partial charge in [-0.3, -0.25) is 9.69 Å². The van der Waals surface area contributed by atoms with Gasteiger partial charge in [0.25, 0.3) is 5.91 Å². The predicted octanol–water partition coefficient (Wildman–Crippen LogP) is 3.95. The van der Waals surface area contributed by atoms with Crippen LogP contribution < -0.4 is 5.32 Å². The predicted molar refractivity (Wildman–Crippen MR) is 113 cm³/mol. The van der Waals surface area contributed by atoms with E-state index in [-0.39, 0.29) is 5.91 Å². The largest absolute Gasteiger partial charge is 0.348 e. The van der Waals surface area contributed by atoms with Gasteiger partial charge in [0.05, 0.1) is 5.69 Å². The maximum Gasteiger partial charge on any atom is 0.251 e. The average Bonchev–Trinajstić information content (AvgIpc) is 3.17. The highest BCUT2D eigenvalue weighted by Crippen LogP contribution is 2.12. The van der Waals surface area contributed by atoms with Gasteiger partial charge in [-0.05, 0) is 61.5 Å². The minimum atomic E-state index is -0.0732. The second-order valence-corrected chi connectivity index (χ2v) is 6.89. The number of benzene rings is 2. The van der Waals surface area contributed by atoms with Crippen LogP contribution in [0.4, 0.5) is 0 Å². The van der Waals surface area contributed by atoms with Crippen molar-refractivity contribution >= 4 is 5.91 Å². The first kappa shape index (κ1) is 19.8. The van der Waals surface area contributed by atoms with E-state index in [4.69, 9.17) is 0 Å². The van der Waals surface area contributed by atoms with E-state index >= 15 is 0 Å². The Morgan fingerprint density at radius 3 is 2.18 bits per heavy atom. The molecule has 5 nitrogen and oxygen atoms in total. The van der Waals surface area contributed by atoms with Crippen LogP contribution in [0.5, 0.6) is 0 Å². The van der Waals surface area contributed by atoms with E-state index in [0.717, 1.165) is 36.6 Å². The molecule has 0 aliphatic carbocycles. The zero-order valence-corrected chi connectivity index (χ0v) is 16.9. The molecule has 0 fully saturated rings. The van der Waals surface area contributed by atoms with Gasteiger partial charge in [0.2, 0.25) is 0 Å². The molecule has 2 aromatic carbocycles. The fraction of sp³-hybridized carbons (Fsp3) is 0.304. The van der Waals surface area contributed by atoms with Crippen molar-refractivity contribution in [2.45, 2.75) is 33.9 Å². The van der Waals surface area contributed by atoms with Crippen LogP contribution in [0.2, 0.25) is 0 Å². The number of aromatic nitrogens is 2. The molecule has 0 aliphatic rings. The third-order valence-corrected chi connectivity index (χ3v) is 4.98. The van der Waals surface area contributed by atoms with Gasteiger partial charge in [-0.2, -0.15) is 5.10 Å². The molecule has 0 spiro atoms. The lowest BCUT2D eigenvalue weighted by Crippen LogP contribution is -2.23. The van der Waals surface area contributed by atoms with E-state index in [0.29, 0.717) is 12.1 Å². The van der Waals surface area contributed by atoms with Gasteiger partial charge in [-0.15, -0.1) is 0 Å². The number of nitrogens with zero attached hydrogens (tertiary/aromatic N) is 3. The maximum atomic E-state index is 12.4. The monoisotopic (exact) mass is 376 g/mol. The van der Waals surface area contributed by atoms with Crippen LogP contribution in [0.15, 0.2) is 60.8 Å². The Morgan fingerprint density at radius 1 is 0.964 bits per heavy atom. The number of hydrogen-bond donors (Lipinski definition) is 1. The second kappa shape index (κ2) is 9.33. The Bertz CT molecular complexity index is 893. The summed E-state index contributed by atoms with van der Waals surface area (Å²) < 4.78 is 1.85. The molecule has 3 aromatic rings. The van der Waals surface area contributed by atoms with Crippen LogP contribution in [0, 0.1) is 6.92 Å². The Hall–Kier alpha value is -2.92. The van der Waals surface area contributed by atoms with Crippen LogP contribution in [-0.4, -0.2) is 33.7 Å². The summed E-state index contributed by atoms with van der Waals surface area (Å²) in [5.41, 5.74) is 5.04. The third kappa shape index (κ3) is 4.87. The number of amides is 1. The van der Waals surface area contributed by atoms with E-state index < -0.39 is 0 Å². The molecule has 0 saturated heterocycles. The summed E-state index contributed by atoms with van der Waals surface area (Å²) in [5.74, 6) is -0.0732. The lowest BCUT2D eigenvalue weighted by Gasteiger charge is -2.18. The first-order valence-corrected chi connectivity index (χ1v) is 9.80. The molecule has 0 radical (unpaired) electrons. The molecular weight excluding hydrogens is 348 g/mol. The van der Waals surface area contributed by atoms with Crippen molar-refractivity contribution in [2.24, 2.45) is 0 Å². The Kier molecular flexibility index (Phi) is 6.61. The number of carbonyl (C=O) groups excluding carboxylic acids is 1. The van der Waals surface area contributed by atoms with E-state index in [1.165, 1.54) is 5.56 Å². The zero-order chi connectivity index (χ0) is 19.9. The first-order valence-electron chi connectivity index (χ1n) is 9.80. The minimum Gasteiger partial charge on any atom is -0.348 e. The van der Waals surface area contributed by atoms with Gasteiger partial charge < -0.3 is 5.32 Å². The molecule has 1 N–H and O–H groups in total. The van der Waals surface area contributed by atoms with E-state index in [1.807, 2.05) is 41.9 Å². The van der Waals surface area contributed by atoms with Gasteiger partial charge in [-0.25, -0.2) is 4.68 Å². The molecule has 3 rings (SSSR count). The average molecular weight is 377 g/mol. The molecule has 0 atom stereocenters. The Balaban J connectivity index is 1.56. The number of hydrogen-bond acceptors (Lipinski definition) is 3. The number of nitrogens with one attached hydrogen (secondary N) is 1. The molecule has 0 bridgehead atoms. The molecule has 1 heterocycles. The summed E-state index contributed by atoms with van der Waals surface area (Å²) in [6.45, 7) is 9.93. The summed E-state index contributed by atoms with van der Waals surface area (Å²) >= 11 is 0. The van der Waals surface area contributed by atoms with Crippen molar-refractivity contribution in [3.8, 4) is 5.69 Å². The van der Waals surface area contributed by atoms with Crippen molar-refractivity contribution in [1.82, 2.24) is 20.0 Å². The highest BCUT2D eigenvalue weighted by molar-refractivity contribution is 5.94. The molecule has 0 saturated carbocycles. The van der Waals surface area contributed by atoms with E-state index in [1.54, 1.807) is 6.20 Å². The molecule has 0 aliphatic heterocycles. The first-order chi connectivity index (χ1) is 13.6. The summed E-state index contributed by atoms with van der Waals surface area (Å²) in [6.07, 6.45) is 1.77. The SMILES string of the molecule is CCN(CC)Cc1ccc(CNC(=O)c2ccc(-n3nccc3C)cc2)cc1. The molecule has 146 valence electrons. The van der Waals surface area contributed by atoms with Crippen molar-refractivity contribution in [1.29, 1.82) is 0 Å². The number of carbonyl (C=O) groups is 1. The van der Waals surface area contributed by atoms with Crippen LogP contribution in [0.3, 0.4) is 0 Å². The maximum absolute atomic E-state index is 12.4. The standard InChI is InChI=1S/C23H28N4O/c1-4-26(5-2)17-20-8-6-19(7-9-20)16-24-23(28)21-10-12-22(13-11-21)27-18(3)14-15-25-27/h6-15H,4-5,16-17H2,1-3H3,(H,24,28). The number of aryl methyl sites for hydroxylation is 1. The minimum absolute atomic E-state index is 0.0732. The molecule has 0 unspecified atom stereocenters. The highest BCUT2D eigenvalue weighted by atomic mass is 16.1. The second-order valence-electron chi connectivity index (χ2n) is 6.89. The third-order valence-electron chi connectivity index (χ3n) is 4.98. The lowest BCUT2D eigenvalue weighted by molar-refractivity contribution is 0.0951. The quantitative estimate of drug-likeness (QED) is 0.648. The van der Waals surface area contributed by atoms with Gasteiger partial charge in [0.15, 0.2) is 0 Å². The highest BCUT2D eigenvalue weighted by Gasteiger charge is 2.07. The fourth-order valence-electron chi connectivity index (χ4n) is 3.15. The normalized spacial score (nSPS) is 11.0. The van der Waals surface area contributed by atoms with Gasteiger partial charge in [-0.1, -0.05) is 38.1 Å². The van der Waals surface area contributed by atoms with E-state index in [2.05, 4.69) is 53.4 Å². The molecule has 1 aromatic heterocycles. The van der Waals surface area contributed by atoms with Crippen molar-refractivity contribution < 1.29 is 4.79 Å². The van der Waals surface area contributed by atoms with E-state index in [9.17, 15) is 4.79 Å². The Morgan fingerprint density at radius 2 is 1.61 bits per heavy atom. The van der Waals surface area contributed by atoms with Gasteiger partial charge >= 0.3 is 0 Å². The fourth-order valence-corrected chi connectivity index (χ4v) is 3.15. The van der Waals surface area contributed by atoms with Gasteiger partial charge in [0.1, 0.15) is 0 Å². The summed E-state index contributed by atoms with van der Waals surface area (Å²) in [7, 11) is 0. The zero-order valence-electron chi connectivity index (χ0n) is 16.9. The topological polar surface area (TPSA) is 50.2 Å². The molecular formula is C23H28N4O. The summed E-state index contributed by atoms with van der Waals surface area (Å²) in [4.78, 5) is 14.8. The molecule has 1 amide bonds. The van der Waals surface area contributed by atoms with Crippen molar-refractivity contribution in [2.75, 3.05) is 13.1 Å². The molecule has 28 heavy (non-hydrogen) atoms. The lowest BCUT2D eigenvalue weighted by atomic mass is 10.1. The Labute approximate surface area is 167 Å². The van der Waals surface area contributed by atoms with Crippen LogP contribution in [0.25, 0.3) is 5.69 Å². The summed E-state index contributed by atoms with van der Waals surface area (Å²) in [6, 6.07) is 17.9. The molecule has 5 heteroatoms. The number of rotatable bonds is 8.